The molecule has 5 nitrogen and oxygen atoms in total. The maximum Gasteiger partial charge on any atom is 0.319 e. The summed E-state index contributed by atoms with van der Waals surface area (Å²) in [5, 5.41) is 9.36. The molecule has 7 heteroatoms. The lowest BCUT2D eigenvalue weighted by Gasteiger charge is -2.11. The number of halogens is 1. The second-order valence-corrected chi connectivity index (χ2v) is 6.25. The molecule has 0 saturated carbocycles. The minimum absolute atomic E-state index is 0.191. The molecule has 2 rings (SSSR count). The van der Waals surface area contributed by atoms with Crippen LogP contribution in [0.4, 0.5) is 10.5 Å². The van der Waals surface area contributed by atoms with Gasteiger partial charge in [0.2, 0.25) is 5.91 Å². The lowest BCUT2D eigenvalue weighted by molar-refractivity contribution is -0.126. The van der Waals surface area contributed by atoms with Crippen LogP contribution in [0, 0.1) is 5.92 Å². The molecule has 19 heavy (non-hydrogen) atoms. The van der Waals surface area contributed by atoms with Gasteiger partial charge in [0.15, 0.2) is 0 Å². The summed E-state index contributed by atoms with van der Waals surface area (Å²) in [6, 6.07) is -0.211. The van der Waals surface area contributed by atoms with Gasteiger partial charge in [0.05, 0.1) is 10.2 Å². The van der Waals surface area contributed by atoms with Gasteiger partial charge in [-0.15, -0.1) is 11.3 Å². The van der Waals surface area contributed by atoms with Crippen molar-refractivity contribution >= 4 is 44.9 Å². The van der Waals surface area contributed by atoms with Crippen LogP contribution in [0.15, 0.2) is 15.2 Å². The van der Waals surface area contributed by atoms with E-state index < -0.39 is 0 Å². The molecule has 1 saturated heterocycles. The summed E-state index contributed by atoms with van der Waals surface area (Å²) in [5.74, 6) is 0.544. The molecule has 3 amide bonds. The summed E-state index contributed by atoms with van der Waals surface area (Å²) in [6.45, 7) is 1.37. The molecule has 104 valence electrons. The van der Waals surface area contributed by atoms with Crippen molar-refractivity contribution in [1.82, 2.24) is 10.2 Å². The number of nitrogens with zero attached hydrogens (tertiary/aromatic N) is 1. The molecule has 1 atom stereocenters. The fourth-order valence-corrected chi connectivity index (χ4v) is 3.40. The zero-order valence-corrected chi connectivity index (χ0v) is 13.0. The van der Waals surface area contributed by atoms with Crippen molar-refractivity contribution in [2.45, 2.75) is 12.8 Å². The Hall–Kier alpha value is -1.08. The molecular weight excluding hydrogens is 330 g/mol. The monoisotopic (exact) mass is 345 g/mol. The van der Waals surface area contributed by atoms with Gasteiger partial charge in [-0.05, 0) is 28.3 Å². The number of urea groups is 1. The number of amides is 3. The Kier molecular flexibility index (Phi) is 4.81. The van der Waals surface area contributed by atoms with Gasteiger partial charge >= 0.3 is 6.03 Å². The average molecular weight is 346 g/mol. The zero-order chi connectivity index (χ0) is 13.8. The van der Waals surface area contributed by atoms with Crippen LogP contribution in [0.2, 0.25) is 0 Å². The molecule has 0 radical (unpaired) electrons. The van der Waals surface area contributed by atoms with E-state index in [1.165, 1.54) is 11.3 Å². The van der Waals surface area contributed by atoms with E-state index in [1.807, 2.05) is 17.8 Å². The molecule has 2 heterocycles. The zero-order valence-electron chi connectivity index (χ0n) is 10.6. The van der Waals surface area contributed by atoms with E-state index in [9.17, 15) is 9.59 Å². The van der Waals surface area contributed by atoms with Crippen LogP contribution in [0.3, 0.4) is 0 Å². The summed E-state index contributed by atoms with van der Waals surface area (Å²) in [7, 11) is 1.82. The van der Waals surface area contributed by atoms with E-state index in [1.54, 1.807) is 4.90 Å². The molecule has 1 unspecified atom stereocenters. The summed E-state index contributed by atoms with van der Waals surface area (Å²) in [6.07, 6.45) is 1.42. The summed E-state index contributed by atoms with van der Waals surface area (Å²) in [4.78, 5) is 24.7. The van der Waals surface area contributed by atoms with Crippen molar-refractivity contribution in [3.05, 3.63) is 15.2 Å². The van der Waals surface area contributed by atoms with Crippen LogP contribution < -0.4 is 10.6 Å². The third kappa shape index (κ3) is 3.94. The Bertz CT molecular complexity index is 477. The van der Waals surface area contributed by atoms with Crippen molar-refractivity contribution in [3.63, 3.8) is 0 Å². The van der Waals surface area contributed by atoms with E-state index in [0.717, 1.165) is 23.1 Å². The molecule has 2 N–H and O–H groups in total. The number of rotatable bonds is 4. The second kappa shape index (κ2) is 6.38. The Balaban J connectivity index is 1.67. The van der Waals surface area contributed by atoms with Crippen LogP contribution in [0.1, 0.15) is 12.8 Å². The second-order valence-electron chi connectivity index (χ2n) is 4.65. The van der Waals surface area contributed by atoms with E-state index >= 15 is 0 Å². The molecular formula is C12H16BrN3O2S. The maximum absolute atomic E-state index is 11.6. The Labute approximate surface area is 124 Å². The van der Waals surface area contributed by atoms with Crippen LogP contribution in [0.5, 0.6) is 0 Å². The van der Waals surface area contributed by atoms with Crippen molar-refractivity contribution in [3.8, 4) is 0 Å². The van der Waals surface area contributed by atoms with Crippen molar-refractivity contribution in [1.29, 1.82) is 0 Å². The summed E-state index contributed by atoms with van der Waals surface area (Å²) in [5.41, 5.74) is 0.776. The fourth-order valence-electron chi connectivity index (χ4n) is 2.08. The highest BCUT2D eigenvalue weighted by Gasteiger charge is 2.26. The lowest BCUT2D eigenvalue weighted by Crippen LogP contribution is -2.30. The molecule has 0 bridgehead atoms. The van der Waals surface area contributed by atoms with Gasteiger partial charge in [0.25, 0.3) is 0 Å². The van der Waals surface area contributed by atoms with Gasteiger partial charge in [-0.2, -0.15) is 0 Å². The Morgan fingerprint density at radius 2 is 2.37 bits per heavy atom. The van der Waals surface area contributed by atoms with Crippen molar-refractivity contribution in [2.75, 3.05) is 25.5 Å². The number of carbonyl (C=O) groups excluding carboxylic acids is 2. The van der Waals surface area contributed by atoms with E-state index in [4.69, 9.17) is 0 Å². The Morgan fingerprint density at radius 1 is 1.58 bits per heavy atom. The predicted octanol–water partition coefficient (Wildman–Crippen LogP) is 2.50. The van der Waals surface area contributed by atoms with Crippen LogP contribution in [0.25, 0.3) is 0 Å². The van der Waals surface area contributed by atoms with E-state index in [0.29, 0.717) is 18.9 Å². The third-order valence-corrected chi connectivity index (χ3v) is 4.82. The highest BCUT2D eigenvalue weighted by Crippen LogP contribution is 2.26. The fraction of sp³-hybridized carbons (Fsp3) is 0.500. The first-order valence-electron chi connectivity index (χ1n) is 6.06. The number of carbonyl (C=O) groups is 2. The molecule has 1 fully saturated rings. The smallest absolute Gasteiger partial charge is 0.319 e. The van der Waals surface area contributed by atoms with E-state index in [-0.39, 0.29) is 11.9 Å². The first kappa shape index (κ1) is 14.3. The molecule has 0 aliphatic carbocycles. The predicted molar refractivity (Wildman–Crippen MR) is 79.4 cm³/mol. The minimum Gasteiger partial charge on any atom is -0.345 e. The highest BCUT2D eigenvalue weighted by atomic mass is 79.9. The van der Waals surface area contributed by atoms with Crippen LogP contribution in [-0.4, -0.2) is 37.0 Å². The van der Waals surface area contributed by atoms with Gasteiger partial charge in [-0.3, -0.25) is 4.79 Å². The highest BCUT2D eigenvalue weighted by molar-refractivity contribution is 9.10. The van der Waals surface area contributed by atoms with E-state index in [2.05, 4.69) is 26.6 Å². The number of nitrogens with one attached hydrogen (secondary N) is 2. The van der Waals surface area contributed by atoms with Gasteiger partial charge < -0.3 is 15.5 Å². The number of thiophene rings is 1. The van der Waals surface area contributed by atoms with Crippen molar-refractivity contribution in [2.24, 2.45) is 5.92 Å². The molecule has 1 aromatic heterocycles. The topological polar surface area (TPSA) is 61.4 Å². The largest absolute Gasteiger partial charge is 0.345 e. The number of anilines is 1. The summed E-state index contributed by atoms with van der Waals surface area (Å²) >= 11 is 4.88. The first-order valence-corrected chi connectivity index (χ1v) is 7.80. The SMILES string of the molecule is CN1CC(CCNC(=O)Nc2cscc2Br)CC1=O. The first-order chi connectivity index (χ1) is 9.06. The van der Waals surface area contributed by atoms with Gasteiger partial charge in [0.1, 0.15) is 0 Å². The van der Waals surface area contributed by atoms with Gasteiger partial charge in [-0.25, -0.2) is 4.79 Å². The van der Waals surface area contributed by atoms with Crippen LogP contribution in [-0.2, 0) is 4.79 Å². The Morgan fingerprint density at radius 3 is 2.95 bits per heavy atom. The molecule has 1 aromatic rings. The lowest BCUT2D eigenvalue weighted by atomic mass is 10.1. The standard InChI is InChI=1S/C12H16BrN3O2S/c1-16-5-8(4-11(16)17)2-3-14-12(18)15-10-7-19-6-9(10)13/h6-8H,2-5H2,1H3,(H2,14,15,18). The van der Waals surface area contributed by atoms with Crippen LogP contribution >= 0.6 is 27.3 Å². The molecule has 1 aliphatic rings. The van der Waals surface area contributed by atoms with Gasteiger partial charge in [-0.1, -0.05) is 0 Å². The minimum atomic E-state index is -0.211. The molecule has 1 aliphatic heterocycles. The van der Waals surface area contributed by atoms with Gasteiger partial charge in [0, 0.05) is 37.3 Å². The quantitative estimate of drug-likeness (QED) is 0.880. The number of likely N-dealkylation sites (tertiary alicyclic amines) is 1. The number of hydrogen-bond donors (Lipinski definition) is 2. The normalized spacial score (nSPS) is 18.7. The maximum atomic E-state index is 11.6. The average Bonchev–Trinajstić information content (AvgIpc) is 2.87. The number of hydrogen-bond acceptors (Lipinski definition) is 3. The summed E-state index contributed by atoms with van der Waals surface area (Å²) < 4.78 is 0.885. The molecule has 0 spiro atoms. The third-order valence-electron chi connectivity index (χ3n) is 3.12. The van der Waals surface area contributed by atoms with Crippen molar-refractivity contribution < 1.29 is 9.59 Å². The molecule has 0 aromatic carbocycles.